The molecule has 0 atom stereocenters. The van der Waals surface area contributed by atoms with Crippen LogP contribution in [0.2, 0.25) is 5.02 Å². The zero-order chi connectivity index (χ0) is 9.10. The number of aryl methyl sites for hydroxylation is 2. The molecular weight excluding hydrogens is 182 g/mol. The first-order valence-electron chi connectivity index (χ1n) is 4.99. The first-order chi connectivity index (χ1) is 6.36. The van der Waals surface area contributed by atoms with Crippen LogP contribution in [0.5, 0.6) is 0 Å². The fourth-order valence-electron chi connectivity index (χ4n) is 1.91. The van der Waals surface area contributed by atoms with Crippen LogP contribution >= 0.6 is 11.6 Å². The molecule has 0 saturated heterocycles. The summed E-state index contributed by atoms with van der Waals surface area (Å²) in [7, 11) is 0. The second kappa shape index (κ2) is 4.10. The molecule has 0 saturated carbocycles. The highest BCUT2D eigenvalue weighted by Gasteiger charge is 2.07. The second-order valence-electron chi connectivity index (χ2n) is 3.67. The van der Waals surface area contributed by atoms with Gasteiger partial charge in [-0.2, -0.15) is 0 Å². The Bertz CT molecular complexity index is 296. The first-order valence-corrected chi connectivity index (χ1v) is 5.37. The monoisotopic (exact) mass is 195 g/mol. The van der Waals surface area contributed by atoms with Crippen molar-refractivity contribution in [3.8, 4) is 0 Å². The fraction of sp³-hybridized carbons (Fsp3) is 0.545. The summed E-state index contributed by atoms with van der Waals surface area (Å²) in [6.45, 7) is 0. The van der Waals surface area contributed by atoms with Gasteiger partial charge in [-0.3, -0.25) is 4.98 Å². The van der Waals surface area contributed by atoms with Crippen molar-refractivity contribution in [3.63, 3.8) is 0 Å². The Morgan fingerprint density at radius 2 is 1.85 bits per heavy atom. The van der Waals surface area contributed by atoms with Gasteiger partial charge in [-0.05, 0) is 37.3 Å². The van der Waals surface area contributed by atoms with Crippen LogP contribution in [0.4, 0.5) is 0 Å². The largest absolute Gasteiger partial charge is 0.259 e. The third-order valence-corrected chi connectivity index (χ3v) is 2.84. The van der Waals surface area contributed by atoms with Crippen LogP contribution in [0.1, 0.15) is 36.9 Å². The van der Waals surface area contributed by atoms with Crippen molar-refractivity contribution in [2.45, 2.75) is 38.5 Å². The van der Waals surface area contributed by atoms with E-state index in [0.717, 1.165) is 17.9 Å². The van der Waals surface area contributed by atoms with Crippen molar-refractivity contribution in [1.82, 2.24) is 4.98 Å². The SMILES string of the molecule is Clc1cnc2c(c1)CCCCCC2. The lowest BCUT2D eigenvalue weighted by molar-refractivity contribution is 0.609. The second-order valence-corrected chi connectivity index (χ2v) is 4.11. The highest BCUT2D eigenvalue weighted by Crippen LogP contribution is 2.20. The van der Waals surface area contributed by atoms with Crippen LogP contribution in [0, 0.1) is 0 Å². The zero-order valence-corrected chi connectivity index (χ0v) is 8.48. The molecule has 1 aromatic rings. The molecule has 0 amide bonds. The maximum atomic E-state index is 5.91. The molecule has 1 aromatic heterocycles. The van der Waals surface area contributed by atoms with E-state index in [1.54, 1.807) is 6.20 Å². The van der Waals surface area contributed by atoms with E-state index in [9.17, 15) is 0 Å². The highest BCUT2D eigenvalue weighted by atomic mass is 35.5. The lowest BCUT2D eigenvalue weighted by Crippen LogP contribution is -2.01. The zero-order valence-electron chi connectivity index (χ0n) is 7.72. The molecule has 0 spiro atoms. The Balaban J connectivity index is 2.28. The predicted octanol–water partition coefficient (Wildman–Crippen LogP) is 3.39. The lowest BCUT2D eigenvalue weighted by atomic mass is 9.97. The number of fused-ring (bicyclic) bond motifs is 1. The summed E-state index contributed by atoms with van der Waals surface area (Å²) in [6.07, 6.45) is 9.32. The van der Waals surface area contributed by atoms with Crippen molar-refractivity contribution in [3.05, 3.63) is 28.5 Å². The molecule has 0 aliphatic heterocycles. The number of rotatable bonds is 0. The summed E-state index contributed by atoms with van der Waals surface area (Å²) in [5.74, 6) is 0. The number of hydrogen-bond acceptors (Lipinski definition) is 1. The number of halogens is 1. The Morgan fingerprint density at radius 3 is 2.69 bits per heavy atom. The van der Waals surface area contributed by atoms with Gasteiger partial charge in [0, 0.05) is 11.9 Å². The molecule has 1 nitrogen and oxygen atoms in total. The number of nitrogens with zero attached hydrogens (tertiary/aromatic N) is 1. The van der Waals surface area contributed by atoms with Crippen molar-refractivity contribution < 1.29 is 0 Å². The Morgan fingerprint density at radius 1 is 1.08 bits per heavy atom. The Hall–Kier alpha value is -0.560. The Labute approximate surface area is 84.1 Å². The van der Waals surface area contributed by atoms with Crippen molar-refractivity contribution >= 4 is 11.6 Å². The van der Waals surface area contributed by atoms with Crippen LogP contribution in [0.15, 0.2) is 12.3 Å². The van der Waals surface area contributed by atoms with E-state index in [4.69, 9.17) is 11.6 Å². The van der Waals surface area contributed by atoms with Gasteiger partial charge in [0.1, 0.15) is 0 Å². The van der Waals surface area contributed by atoms with Gasteiger partial charge in [-0.15, -0.1) is 0 Å². The highest BCUT2D eigenvalue weighted by molar-refractivity contribution is 6.30. The summed E-state index contributed by atoms with van der Waals surface area (Å²) >= 11 is 5.91. The summed E-state index contributed by atoms with van der Waals surface area (Å²) in [4.78, 5) is 4.39. The Kier molecular flexibility index (Phi) is 2.84. The van der Waals surface area contributed by atoms with Gasteiger partial charge in [-0.1, -0.05) is 24.4 Å². The van der Waals surface area contributed by atoms with Crippen LogP contribution in [-0.4, -0.2) is 4.98 Å². The summed E-state index contributed by atoms with van der Waals surface area (Å²) < 4.78 is 0. The molecule has 0 aromatic carbocycles. The maximum Gasteiger partial charge on any atom is 0.0592 e. The molecule has 1 heterocycles. The number of hydrogen-bond donors (Lipinski definition) is 0. The third kappa shape index (κ3) is 2.22. The maximum absolute atomic E-state index is 5.91. The summed E-state index contributed by atoms with van der Waals surface area (Å²) in [6, 6.07) is 2.08. The van der Waals surface area contributed by atoms with Gasteiger partial charge >= 0.3 is 0 Å². The van der Waals surface area contributed by atoms with Crippen molar-refractivity contribution in [2.75, 3.05) is 0 Å². The molecule has 13 heavy (non-hydrogen) atoms. The van der Waals surface area contributed by atoms with Crippen molar-refractivity contribution in [2.24, 2.45) is 0 Å². The van der Waals surface area contributed by atoms with Gasteiger partial charge in [-0.25, -0.2) is 0 Å². The van der Waals surface area contributed by atoms with Gasteiger partial charge < -0.3 is 0 Å². The van der Waals surface area contributed by atoms with Crippen molar-refractivity contribution in [1.29, 1.82) is 0 Å². The minimum atomic E-state index is 0.777. The first kappa shape index (κ1) is 9.01. The van der Waals surface area contributed by atoms with E-state index in [2.05, 4.69) is 11.1 Å². The quantitative estimate of drug-likeness (QED) is 0.619. The smallest absolute Gasteiger partial charge is 0.0592 e. The minimum Gasteiger partial charge on any atom is -0.259 e. The topological polar surface area (TPSA) is 12.9 Å². The van der Waals surface area contributed by atoms with E-state index in [0.29, 0.717) is 0 Å². The lowest BCUT2D eigenvalue weighted by Gasteiger charge is -2.12. The molecule has 70 valence electrons. The van der Waals surface area contributed by atoms with E-state index in [-0.39, 0.29) is 0 Å². The van der Waals surface area contributed by atoms with Crippen LogP contribution in [0.3, 0.4) is 0 Å². The molecule has 1 aliphatic rings. The molecular formula is C11H14ClN. The normalized spacial score (nSPS) is 17.3. The summed E-state index contributed by atoms with van der Waals surface area (Å²) in [5, 5.41) is 0.777. The summed E-state index contributed by atoms with van der Waals surface area (Å²) in [5.41, 5.74) is 2.64. The fourth-order valence-corrected chi connectivity index (χ4v) is 2.09. The van der Waals surface area contributed by atoms with Gasteiger partial charge in [0.25, 0.3) is 0 Å². The standard InChI is InChI=1S/C11H14ClN/c12-10-7-9-5-3-1-2-4-6-11(9)13-8-10/h7-8H,1-6H2. The molecule has 0 radical (unpaired) electrons. The molecule has 2 heteroatoms. The third-order valence-electron chi connectivity index (χ3n) is 2.64. The van der Waals surface area contributed by atoms with Gasteiger partial charge in [0.2, 0.25) is 0 Å². The van der Waals surface area contributed by atoms with E-state index in [1.807, 2.05) is 0 Å². The van der Waals surface area contributed by atoms with E-state index >= 15 is 0 Å². The number of aromatic nitrogens is 1. The van der Waals surface area contributed by atoms with Crippen LogP contribution < -0.4 is 0 Å². The molecule has 1 aliphatic carbocycles. The minimum absolute atomic E-state index is 0.777. The molecule has 2 rings (SSSR count). The van der Waals surface area contributed by atoms with Crippen LogP contribution in [-0.2, 0) is 12.8 Å². The van der Waals surface area contributed by atoms with Crippen LogP contribution in [0.25, 0.3) is 0 Å². The van der Waals surface area contributed by atoms with E-state index < -0.39 is 0 Å². The number of pyridine rings is 1. The van der Waals surface area contributed by atoms with E-state index in [1.165, 1.54) is 36.9 Å². The predicted molar refractivity (Wildman–Crippen MR) is 55.1 cm³/mol. The average Bonchev–Trinajstić information content (AvgIpc) is 2.08. The molecule has 0 bridgehead atoms. The average molecular weight is 196 g/mol. The van der Waals surface area contributed by atoms with Gasteiger partial charge in [0.15, 0.2) is 0 Å². The molecule has 0 fully saturated rings. The van der Waals surface area contributed by atoms with Gasteiger partial charge in [0.05, 0.1) is 5.02 Å². The molecule has 0 N–H and O–H groups in total. The molecule has 0 unspecified atom stereocenters.